The van der Waals surface area contributed by atoms with E-state index in [9.17, 15) is 0 Å². The third-order valence-electron chi connectivity index (χ3n) is 11.8. The highest BCUT2D eigenvalue weighted by atomic mass is 16.3. The molecule has 0 unspecified atom stereocenters. The first-order valence-electron chi connectivity index (χ1n) is 18.1. The summed E-state index contributed by atoms with van der Waals surface area (Å²) in [7, 11) is 0. The molecule has 0 saturated carbocycles. The van der Waals surface area contributed by atoms with Crippen LogP contribution in [-0.4, -0.2) is 0 Å². The first kappa shape index (κ1) is 28.0. The predicted octanol–water partition coefficient (Wildman–Crippen LogP) is 13.6. The maximum absolute atomic E-state index is 6.93. The van der Waals surface area contributed by atoms with Crippen molar-refractivity contribution in [3.05, 3.63) is 204 Å². The number of benzene rings is 9. The summed E-state index contributed by atoms with van der Waals surface area (Å²) in [5.41, 5.74) is 16.6. The maximum Gasteiger partial charge on any atom is 0.143 e. The fourth-order valence-corrected chi connectivity index (χ4v) is 9.87. The van der Waals surface area contributed by atoms with E-state index in [1.807, 2.05) is 0 Å². The number of hydrogen-bond donors (Lipinski definition) is 0. The normalized spacial score (nSPS) is 13.5. The van der Waals surface area contributed by atoms with Crippen molar-refractivity contribution in [1.29, 1.82) is 0 Å². The van der Waals surface area contributed by atoms with E-state index in [0.717, 1.165) is 27.7 Å². The van der Waals surface area contributed by atoms with Gasteiger partial charge in [0.05, 0.1) is 5.41 Å². The Morgan fingerprint density at radius 2 is 0.942 bits per heavy atom. The lowest BCUT2D eigenvalue weighted by molar-refractivity contribution is 0.669. The van der Waals surface area contributed by atoms with Gasteiger partial charge in [-0.25, -0.2) is 0 Å². The van der Waals surface area contributed by atoms with Gasteiger partial charge in [0.25, 0.3) is 0 Å². The van der Waals surface area contributed by atoms with Crippen molar-refractivity contribution in [2.75, 3.05) is 0 Å². The quantitative estimate of drug-likeness (QED) is 0.169. The zero-order valence-corrected chi connectivity index (χ0v) is 28.2. The van der Waals surface area contributed by atoms with E-state index in [4.69, 9.17) is 4.42 Å². The third kappa shape index (κ3) is 3.43. The van der Waals surface area contributed by atoms with Gasteiger partial charge in [-0.2, -0.15) is 0 Å². The second-order valence-electron chi connectivity index (χ2n) is 14.3. The molecule has 0 bridgehead atoms. The van der Waals surface area contributed by atoms with Gasteiger partial charge in [0.15, 0.2) is 0 Å². The maximum atomic E-state index is 6.93. The Balaban J connectivity index is 1.37. The molecule has 52 heavy (non-hydrogen) atoms. The molecule has 0 N–H and O–H groups in total. The van der Waals surface area contributed by atoms with E-state index in [0.29, 0.717) is 0 Å². The van der Waals surface area contributed by atoms with Crippen LogP contribution >= 0.6 is 0 Å². The van der Waals surface area contributed by atoms with Crippen LogP contribution < -0.4 is 0 Å². The highest BCUT2D eigenvalue weighted by molar-refractivity contribution is 6.27. The van der Waals surface area contributed by atoms with E-state index in [-0.39, 0.29) is 0 Å². The minimum absolute atomic E-state index is 0.551. The molecular formula is C51H30O. The summed E-state index contributed by atoms with van der Waals surface area (Å²) in [5.74, 6) is 0. The minimum Gasteiger partial charge on any atom is -0.455 e. The Labute approximate surface area is 301 Å². The molecule has 0 atom stereocenters. The first-order valence-corrected chi connectivity index (χ1v) is 18.1. The predicted molar refractivity (Wildman–Crippen MR) is 216 cm³/mol. The van der Waals surface area contributed by atoms with Gasteiger partial charge in [0, 0.05) is 16.3 Å². The highest BCUT2D eigenvalue weighted by Crippen LogP contribution is 2.67. The van der Waals surface area contributed by atoms with Crippen LogP contribution in [0.5, 0.6) is 0 Å². The summed E-state index contributed by atoms with van der Waals surface area (Å²) in [6, 6.07) is 67.1. The molecule has 2 aliphatic carbocycles. The summed E-state index contributed by atoms with van der Waals surface area (Å²) in [4.78, 5) is 0. The molecule has 0 aliphatic heterocycles. The Morgan fingerprint density at radius 1 is 0.346 bits per heavy atom. The van der Waals surface area contributed by atoms with Crippen molar-refractivity contribution in [3.63, 3.8) is 0 Å². The number of furan rings is 1. The highest BCUT2D eigenvalue weighted by Gasteiger charge is 2.54. The first-order chi connectivity index (χ1) is 25.8. The van der Waals surface area contributed by atoms with E-state index >= 15 is 0 Å². The van der Waals surface area contributed by atoms with Crippen LogP contribution in [0, 0.1) is 0 Å². The van der Waals surface area contributed by atoms with Crippen LogP contribution in [0.1, 0.15) is 22.3 Å². The summed E-state index contributed by atoms with van der Waals surface area (Å²) in [6.07, 6.45) is 0. The molecule has 240 valence electrons. The number of rotatable bonds is 2. The lowest BCUT2D eigenvalue weighted by atomic mass is 9.68. The topological polar surface area (TPSA) is 13.1 Å². The van der Waals surface area contributed by atoms with Crippen LogP contribution in [0.3, 0.4) is 0 Å². The fraction of sp³-hybridized carbons (Fsp3) is 0.0196. The number of fused-ring (bicyclic) bond motifs is 19. The molecule has 1 aromatic heterocycles. The molecule has 9 aromatic carbocycles. The molecule has 1 heteroatoms. The average molecular weight is 659 g/mol. The zero-order chi connectivity index (χ0) is 34.0. The lowest BCUT2D eigenvalue weighted by Crippen LogP contribution is -2.26. The zero-order valence-electron chi connectivity index (χ0n) is 28.2. The van der Waals surface area contributed by atoms with Gasteiger partial charge in [0.1, 0.15) is 11.2 Å². The molecular weight excluding hydrogens is 629 g/mol. The fourth-order valence-electron chi connectivity index (χ4n) is 9.87. The van der Waals surface area contributed by atoms with Gasteiger partial charge in [-0.05, 0) is 101 Å². The molecule has 0 amide bonds. The van der Waals surface area contributed by atoms with Gasteiger partial charge in [-0.3, -0.25) is 0 Å². The Morgan fingerprint density at radius 3 is 1.67 bits per heavy atom. The van der Waals surface area contributed by atoms with Gasteiger partial charge in [-0.1, -0.05) is 164 Å². The van der Waals surface area contributed by atoms with Crippen molar-refractivity contribution in [1.82, 2.24) is 0 Å². The lowest BCUT2D eigenvalue weighted by Gasteiger charge is -2.32. The van der Waals surface area contributed by atoms with Crippen LogP contribution in [0.4, 0.5) is 0 Å². The van der Waals surface area contributed by atoms with Crippen molar-refractivity contribution >= 4 is 43.5 Å². The van der Waals surface area contributed by atoms with E-state index in [2.05, 4.69) is 182 Å². The average Bonchev–Trinajstić information content (AvgIpc) is 3.85. The van der Waals surface area contributed by atoms with Crippen molar-refractivity contribution < 1.29 is 4.42 Å². The monoisotopic (exact) mass is 658 g/mol. The molecule has 2 aliphatic rings. The smallest absolute Gasteiger partial charge is 0.143 e. The Hall–Kier alpha value is -6.70. The van der Waals surface area contributed by atoms with Crippen molar-refractivity contribution in [2.24, 2.45) is 0 Å². The van der Waals surface area contributed by atoms with Gasteiger partial charge in [0.2, 0.25) is 0 Å². The van der Waals surface area contributed by atoms with Crippen LogP contribution in [0.25, 0.3) is 88.0 Å². The molecule has 0 saturated heterocycles. The van der Waals surface area contributed by atoms with Crippen LogP contribution in [0.15, 0.2) is 186 Å². The molecule has 0 radical (unpaired) electrons. The molecule has 1 heterocycles. The van der Waals surface area contributed by atoms with Gasteiger partial charge < -0.3 is 4.42 Å². The summed E-state index contributed by atoms with van der Waals surface area (Å²) in [6.45, 7) is 0. The Kier molecular flexibility index (Phi) is 5.49. The van der Waals surface area contributed by atoms with E-state index < -0.39 is 5.41 Å². The SMILES string of the molecule is c1ccc(-c2ccc3c4c(c5ccccc5c3c2)-c2c(cc(-c3ccccc3)c3oc5ccccc5c23)C42c3ccccc3-c3ccccc32)cc1. The minimum atomic E-state index is -0.551. The summed E-state index contributed by atoms with van der Waals surface area (Å²) >= 11 is 0. The molecule has 10 aromatic rings. The standard InChI is InChI=1S/C51H30O/c1-3-15-31(16-4-1)33-27-28-38-41(29-33)34-19-7-8-22-37(34)46-48-44(51(49(38)46)42-24-12-9-20-35(42)36-21-10-13-25-43(36)51)30-40(32-17-5-2-6-18-32)50-47(48)39-23-11-14-26-45(39)52-50/h1-30H. The van der Waals surface area contributed by atoms with Crippen LogP contribution in [0.2, 0.25) is 0 Å². The van der Waals surface area contributed by atoms with E-state index in [1.165, 1.54) is 82.6 Å². The summed E-state index contributed by atoms with van der Waals surface area (Å²) in [5, 5.41) is 7.45. The second-order valence-corrected chi connectivity index (χ2v) is 14.3. The van der Waals surface area contributed by atoms with Gasteiger partial charge >= 0.3 is 0 Å². The Bertz CT molecular complexity index is 3060. The number of hydrogen-bond acceptors (Lipinski definition) is 1. The van der Waals surface area contributed by atoms with E-state index in [1.54, 1.807) is 0 Å². The molecule has 12 rings (SSSR count). The van der Waals surface area contributed by atoms with Crippen LogP contribution in [-0.2, 0) is 5.41 Å². The second kappa shape index (κ2) is 10.2. The molecule has 1 nitrogen and oxygen atoms in total. The van der Waals surface area contributed by atoms with Gasteiger partial charge in [-0.15, -0.1) is 0 Å². The van der Waals surface area contributed by atoms with Crippen molar-refractivity contribution in [3.8, 4) is 44.5 Å². The third-order valence-corrected chi connectivity index (χ3v) is 11.8. The number of para-hydroxylation sites is 1. The molecule has 0 fully saturated rings. The largest absolute Gasteiger partial charge is 0.455 e. The molecule has 1 spiro atoms. The van der Waals surface area contributed by atoms with Crippen molar-refractivity contribution in [2.45, 2.75) is 5.41 Å². The summed E-state index contributed by atoms with van der Waals surface area (Å²) < 4.78 is 6.93.